The highest BCUT2D eigenvalue weighted by molar-refractivity contribution is 6.32. The van der Waals surface area contributed by atoms with Crippen molar-refractivity contribution in [2.24, 2.45) is 0 Å². The summed E-state index contributed by atoms with van der Waals surface area (Å²) in [4.78, 5) is 12.2. The number of carbonyl (C=O) groups is 1. The van der Waals surface area contributed by atoms with Crippen LogP contribution in [0.5, 0.6) is 17.2 Å². The maximum Gasteiger partial charge on any atom is 0.319 e. The third kappa shape index (κ3) is 5.20. The Balaban J connectivity index is 1.91. The highest BCUT2D eigenvalue weighted by Gasteiger charge is 2.12. The Labute approximate surface area is 164 Å². The second kappa shape index (κ2) is 9.37. The second-order valence-corrected chi connectivity index (χ2v) is 6.48. The van der Waals surface area contributed by atoms with Crippen molar-refractivity contribution in [3.8, 4) is 17.2 Å². The molecule has 0 fully saturated rings. The molecule has 0 saturated heterocycles. The quantitative estimate of drug-likeness (QED) is 0.681. The van der Waals surface area contributed by atoms with Gasteiger partial charge < -0.3 is 24.8 Å². The number of urea groups is 1. The van der Waals surface area contributed by atoms with Crippen LogP contribution in [0.15, 0.2) is 24.3 Å². The molecule has 2 amide bonds. The first-order chi connectivity index (χ1) is 12.9. The number of hydrogen-bond donors (Lipinski definition) is 2. The van der Waals surface area contributed by atoms with Gasteiger partial charge in [0.25, 0.3) is 0 Å². The number of benzene rings is 2. The zero-order chi connectivity index (χ0) is 20.0. The molecule has 0 spiro atoms. The van der Waals surface area contributed by atoms with E-state index < -0.39 is 0 Å². The molecule has 0 heterocycles. The lowest BCUT2D eigenvalue weighted by Crippen LogP contribution is -2.32. The van der Waals surface area contributed by atoms with E-state index in [-0.39, 0.29) is 6.03 Å². The highest BCUT2D eigenvalue weighted by Crippen LogP contribution is 2.35. The molecule has 2 aromatic rings. The number of nitrogens with one attached hydrogen (secondary N) is 2. The molecule has 2 rings (SSSR count). The Morgan fingerprint density at radius 1 is 1.04 bits per heavy atom. The van der Waals surface area contributed by atoms with E-state index in [9.17, 15) is 4.79 Å². The fourth-order valence-corrected chi connectivity index (χ4v) is 2.82. The van der Waals surface area contributed by atoms with Gasteiger partial charge in [-0.25, -0.2) is 4.79 Å². The van der Waals surface area contributed by atoms with Crippen molar-refractivity contribution >= 4 is 23.3 Å². The monoisotopic (exact) mass is 392 g/mol. The summed E-state index contributed by atoms with van der Waals surface area (Å²) in [5.41, 5.74) is 3.81. The van der Waals surface area contributed by atoms with Gasteiger partial charge in [-0.05, 0) is 37.5 Å². The van der Waals surface area contributed by atoms with Gasteiger partial charge in [0.1, 0.15) is 23.9 Å². The Bertz CT molecular complexity index is 824. The fraction of sp³-hybridized carbons (Fsp3) is 0.350. The molecule has 0 bridgehead atoms. The van der Waals surface area contributed by atoms with Crippen molar-refractivity contribution in [2.45, 2.75) is 20.8 Å². The van der Waals surface area contributed by atoms with Gasteiger partial charge in [-0.1, -0.05) is 23.7 Å². The van der Waals surface area contributed by atoms with Crippen molar-refractivity contribution in [1.29, 1.82) is 0 Å². The van der Waals surface area contributed by atoms with E-state index in [1.165, 1.54) is 19.8 Å². The molecular formula is C20H25ClN2O4. The summed E-state index contributed by atoms with van der Waals surface area (Å²) in [6.07, 6.45) is 0. The lowest BCUT2D eigenvalue weighted by atomic mass is 10.1. The molecule has 0 aliphatic rings. The van der Waals surface area contributed by atoms with Crippen LogP contribution in [0, 0.1) is 20.8 Å². The fourth-order valence-electron chi connectivity index (χ4n) is 2.59. The highest BCUT2D eigenvalue weighted by atomic mass is 35.5. The van der Waals surface area contributed by atoms with E-state index >= 15 is 0 Å². The van der Waals surface area contributed by atoms with Gasteiger partial charge in [-0.15, -0.1) is 0 Å². The summed E-state index contributed by atoms with van der Waals surface area (Å²) >= 11 is 6.06. The number of ether oxygens (including phenoxy) is 3. The number of amides is 2. The van der Waals surface area contributed by atoms with E-state index in [1.54, 1.807) is 12.1 Å². The molecule has 0 radical (unpaired) electrons. The Morgan fingerprint density at radius 3 is 2.37 bits per heavy atom. The molecular weight excluding hydrogens is 368 g/mol. The number of carbonyl (C=O) groups excluding carboxylic acids is 1. The molecule has 0 atom stereocenters. The van der Waals surface area contributed by atoms with Crippen LogP contribution in [-0.4, -0.2) is 33.4 Å². The predicted molar refractivity (Wildman–Crippen MR) is 108 cm³/mol. The van der Waals surface area contributed by atoms with E-state index in [0.29, 0.717) is 35.4 Å². The summed E-state index contributed by atoms with van der Waals surface area (Å²) in [6.45, 7) is 6.78. The maximum absolute atomic E-state index is 12.2. The van der Waals surface area contributed by atoms with Gasteiger partial charge in [0, 0.05) is 12.1 Å². The molecule has 2 N–H and O–H groups in total. The minimum atomic E-state index is -0.376. The van der Waals surface area contributed by atoms with Gasteiger partial charge in [0.15, 0.2) is 0 Å². The number of halogens is 1. The minimum Gasteiger partial charge on any atom is -0.495 e. The topological polar surface area (TPSA) is 68.8 Å². The number of rotatable bonds is 7. The Kier molecular flexibility index (Phi) is 7.19. The number of aryl methyl sites for hydroxylation is 2. The summed E-state index contributed by atoms with van der Waals surface area (Å²) < 4.78 is 16.2. The van der Waals surface area contributed by atoms with Gasteiger partial charge in [-0.2, -0.15) is 0 Å². The minimum absolute atomic E-state index is 0.353. The van der Waals surface area contributed by atoms with Crippen LogP contribution in [0.1, 0.15) is 16.7 Å². The van der Waals surface area contributed by atoms with E-state index in [4.69, 9.17) is 25.8 Å². The van der Waals surface area contributed by atoms with Crippen molar-refractivity contribution in [2.75, 3.05) is 32.7 Å². The first kappa shape index (κ1) is 20.7. The normalized spacial score (nSPS) is 10.3. The van der Waals surface area contributed by atoms with Crippen LogP contribution in [0.3, 0.4) is 0 Å². The van der Waals surface area contributed by atoms with E-state index in [2.05, 4.69) is 16.7 Å². The Hall–Kier alpha value is -2.60. The Morgan fingerprint density at radius 2 is 1.70 bits per heavy atom. The lowest BCUT2D eigenvalue weighted by Gasteiger charge is -2.15. The smallest absolute Gasteiger partial charge is 0.319 e. The largest absolute Gasteiger partial charge is 0.495 e. The van der Waals surface area contributed by atoms with Gasteiger partial charge in [0.2, 0.25) is 0 Å². The van der Waals surface area contributed by atoms with Crippen molar-refractivity contribution in [3.05, 3.63) is 46.0 Å². The van der Waals surface area contributed by atoms with Crippen molar-refractivity contribution in [3.63, 3.8) is 0 Å². The standard InChI is InChI=1S/C20H25ClN2O4/c1-12-6-7-13(2)19(14(12)3)27-9-8-22-20(24)23-16-11-17(25-4)15(21)10-18(16)26-5/h6-7,10-11H,8-9H2,1-5H3,(H2,22,23,24). The van der Waals surface area contributed by atoms with Crippen molar-refractivity contribution < 1.29 is 19.0 Å². The predicted octanol–water partition coefficient (Wildman–Crippen LogP) is 4.48. The summed E-state index contributed by atoms with van der Waals surface area (Å²) in [5, 5.41) is 5.88. The average Bonchev–Trinajstić information content (AvgIpc) is 2.65. The molecule has 2 aromatic carbocycles. The van der Waals surface area contributed by atoms with Crippen LogP contribution < -0.4 is 24.8 Å². The van der Waals surface area contributed by atoms with Crippen LogP contribution in [0.2, 0.25) is 5.02 Å². The molecule has 0 saturated carbocycles. The number of hydrogen-bond acceptors (Lipinski definition) is 4. The summed E-state index contributed by atoms with van der Waals surface area (Å²) in [7, 11) is 3.01. The van der Waals surface area contributed by atoms with Crippen LogP contribution in [-0.2, 0) is 0 Å². The number of anilines is 1. The molecule has 0 aromatic heterocycles. The summed E-state index contributed by atoms with van der Waals surface area (Å²) in [5.74, 6) is 1.75. The van der Waals surface area contributed by atoms with E-state index in [0.717, 1.165) is 16.9 Å². The maximum atomic E-state index is 12.2. The SMILES string of the molecule is COc1cc(NC(=O)NCCOc2c(C)ccc(C)c2C)c(OC)cc1Cl. The van der Waals surface area contributed by atoms with Gasteiger partial charge >= 0.3 is 6.03 Å². The van der Waals surface area contributed by atoms with Crippen LogP contribution in [0.25, 0.3) is 0 Å². The molecule has 146 valence electrons. The first-order valence-electron chi connectivity index (χ1n) is 8.53. The molecule has 27 heavy (non-hydrogen) atoms. The third-order valence-electron chi connectivity index (χ3n) is 4.23. The molecule has 6 nitrogen and oxygen atoms in total. The average molecular weight is 393 g/mol. The molecule has 0 unspecified atom stereocenters. The molecule has 7 heteroatoms. The van der Waals surface area contributed by atoms with Gasteiger partial charge in [0.05, 0.1) is 31.5 Å². The van der Waals surface area contributed by atoms with Crippen LogP contribution >= 0.6 is 11.6 Å². The molecule has 0 aliphatic heterocycles. The zero-order valence-electron chi connectivity index (χ0n) is 16.2. The molecule has 0 aliphatic carbocycles. The zero-order valence-corrected chi connectivity index (χ0v) is 17.0. The number of methoxy groups -OCH3 is 2. The first-order valence-corrected chi connectivity index (χ1v) is 8.91. The second-order valence-electron chi connectivity index (χ2n) is 6.07. The van der Waals surface area contributed by atoms with E-state index in [1.807, 2.05) is 26.8 Å². The summed E-state index contributed by atoms with van der Waals surface area (Å²) in [6, 6.07) is 6.91. The van der Waals surface area contributed by atoms with Crippen molar-refractivity contribution in [1.82, 2.24) is 5.32 Å². The van der Waals surface area contributed by atoms with Crippen LogP contribution in [0.4, 0.5) is 10.5 Å². The third-order valence-corrected chi connectivity index (χ3v) is 4.53. The lowest BCUT2D eigenvalue weighted by molar-refractivity contribution is 0.247. The van der Waals surface area contributed by atoms with Gasteiger partial charge in [-0.3, -0.25) is 0 Å².